The lowest BCUT2D eigenvalue weighted by Crippen LogP contribution is -2.48. The van der Waals surface area contributed by atoms with Crippen LogP contribution in [0.25, 0.3) is 0 Å². The number of carbonyl (C=O) groups is 2. The zero-order chi connectivity index (χ0) is 20.0. The number of anilines is 1. The van der Waals surface area contributed by atoms with Gasteiger partial charge in [0.25, 0.3) is 0 Å². The Hall–Kier alpha value is -2.41. The van der Waals surface area contributed by atoms with Gasteiger partial charge in [0, 0.05) is 23.2 Å². The number of rotatable bonds is 7. The smallest absolute Gasteiger partial charge is 0.242 e. The summed E-state index contributed by atoms with van der Waals surface area (Å²) in [6.45, 7) is 6.31. The van der Waals surface area contributed by atoms with E-state index in [1.807, 2.05) is 43.2 Å². The molecule has 1 N–H and O–H groups in total. The van der Waals surface area contributed by atoms with E-state index in [1.165, 1.54) is 17.0 Å². The number of likely N-dealkylation sites (N-methyl/N-ethyl adjacent to an activating group) is 1. The van der Waals surface area contributed by atoms with Crippen molar-refractivity contribution in [1.82, 2.24) is 10.2 Å². The van der Waals surface area contributed by atoms with Crippen molar-refractivity contribution in [1.29, 1.82) is 0 Å². The molecule has 0 aliphatic carbocycles. The highest BCUT2D eigenvalue weighted by molar-refractivity contribution is 7.09. The van der Waals surface area contributed by atoms with Gasteiger partial charge in [-0.2, -0.15) is 0 Å². The van der Waals surface area contributed by atoms with E-state index >= 15 is 0 Å². The first kappa shape index (κ1) is 20.9. The molecule has 0 spiro atoms. The fraction of sp³-hybridized carbons (Fsp3) is 0.400. The van der Waals surface area contributed by atoms with Crippen LogP contribution in [0.1, 0.15) is 25.6 Å². The van der Waals surface area contributed by atoms with Gasteiger partial charge in [-0.15, -0.1) is 11.3 Å². The largest absolute Gasteiger partial charge is 0.357 e. The fourth-order valence-electron chi connectivity index (χ4n) is 2.53. The second-order valence-corrected chi connectivity index (χ2v) is 8.49. The minimum absolute atomic E-state index is 0.00758. The van der Waals surface area contributed by atoms with Crippen LogP contribution in [0.15, 0.2) is 41.8 Å². The lowest BCUT2D eigenvalue weighted by Gasteiger charge is -2.27. The molecule has 7 heteroatoms. The molecule has 0 saturated heterocycles. The van der Waals surface area contributed by atoms with Crippen LogP contribution in [0.2, 0.25) is 0 Å². The van der Waals surface area contributed by atoms with Crippen LogP contribution in [-0.4, -0.2) is 42.4 Å². The summed E-state index contributed by atoms with van der Waals surface area (Å²) in [4.78, 5) is 29.1. The molecular formula is C20H26FN3O2S. The summed E-state index contributed by atoms with van der Waals surface area (Å²) >= 11 is 1.60. The summed E-state index contributed by atoms with van der Waals surface area (Å²) in [5.74, 6) is -0.706. The van der Waals surface area contributed by atoms with Crippen molar-refractivity contribution in [2.24, 2.45) is 0 Å². The van der Waals surface area contributed by atoms with Crippen molar-refractivity contribution < 1.29 is 14.0 Å². The maximum Gasteiger partial charge on any atom is 0.242 e. The van der Waals surface area contributed by atoms with E-state index in [1.54, 1.807) is 30.5 Å². The molecule has 0 unspecified atom stereocenters. The Balaban J connectivity index is 2.06. The first-order valence-electron chi connectivity index (χ1n) is 8.72. The van der Waals surface area contributed by atoms with Crippen LogP contribution in [0.4, 0.5) is 10.1 Å². The molecule has 0 aliphatic heterocycles. The molecule has 1 heterocycles. The molecule has 27 heavy (non-hydrogen) atoms. The molecule has 1 aromatic heterocycles. The number of amides is 2. The third kappa shape index (κ3) is 7.02. The van der Waals surface area contributed by atoms with Gasteiger partial charge in [-0.1, -0.05) is 6.07 Å². The van der Waals surface area contributed by atoms with Crippen LogP contribution in [0.5, 0.6) is 0 Å². The van der Waals surface area contributed by atoms with E-state index in [4.69, 9.17) is 0 Å². The highest BCUT2D eigenvalue weighted by Gasteiger charge is 2.20. The molecule has 0 fully saturated rings. The summed E-state index contributed by atoms with van der Waals surface area (Å²) in [5.41, 5.74) is 0.408. The van der Waals surface area contributed by atoms with E-state index in [0.717, 1.165) is 10.6 Å². The molecule has 0 bridgehead atoms. The maximum absolute atomic E-state index is 13.3. The van der Waals surface area contributed by atoms with Gasteiger partial charge in [0.15, 0.2) is 0 Å². The molecule has 0 atom stereocenters. The van der Waals surface area contributed by atoms with E-state index in [2.05, 4.69) is 5.32 Å². The van der Waals surface area contributed by atoms with Crippen LogP contribution < -0.4 is 10.2 Å². The molecule has 146 valence electrons. The van der Waals surface area contributed by atoms with Gasteiger partial charge in [-0.05, 0) is 56.5 Å². The average molecular weight is 392 g/mol. The first-order chi connectivity index (χ1) is 12.6. The maximum atomic E-state index is 13.3. The molecule has 2 rings (SSSR count). The Morgan fingerprint density at radius 2 is 1.78 bits per heavy atom. The van der Waals surface area contributed by atoms with Crippen molar-refractivity contribution in [2.75, 3.05) is 25.0 Å². The minimum atomic E-state index is -0.347. The van der Waals surface area contributed by atoms with Gasteiger partial charge < -0.3 is 15.1 Å². The Kier molecular flexibility index (Phi) is 6.96. The third-order valence-electron chi connectivity index (χ3n) is 3.77. The molecule has 1 aromatic carbocycles. The van der Waals surface area contributed by atoms with Crippen molar-refractivity contribution in [3.05, 3.63) is 52.5 Å². The summed E-state index contributed by atoms with van der Waals surface area (Å²) in [7, 11) is 1.61. The summed E-state index contributed by atoms with van der Waals surface area (Å²) < 4.78 is 13.3. The number of nitrogens with zero attached hydrogens (tertiary/aromatic N) is 2. The van der Waals surface area contributed by atoms with Gasteiger partial charge in [-0.3, -0.25) is 9.59 Å². The van der Waals surface area contributed by atoms with Gasteiger partial charge in [0.05, 0.1) is 19.6 Å². The van der Waals surface area contributed by atoms with Crippen LogP contribution in [0, 0.1) is 5.82 Å². The lowest BCUT2D eigenvalue weighted by molar-refractivity contribution is -0.134. The van der Waals surface area contributed by atoms with Crippen LogP contribution in [-0.2, 0) is 16.1 Å². The predicted octanol–water partition coefficient (Wildman–Crippen LogP) is 3.27. The molecule has 2 amide bonds. The Morgan fingerprint density at radius 1 is 1.11 bits per heavy atom. The monoisotopic (exact) mass is 391 g/mol. The number of carbonyl (C=O) groups excluding carboxylic acids is 2. The zero-order valence-electron chi connectivity index (χ0n) is 16.2. The standard InChI is InChI=1S/C20H26FN3O2S/c1-20(2,3)22-18(25)13-23(4)19(26)14-24(12-17-6-5-11-27-17)16-9-7-15(21)8-10-16/h5-11H,12-14H2,1-4H3,(H,22,25). The van der Waals surface area contributed by atoms with Crippen molar-refractivity contribution in [3.63, 3.8) is 0 Å². The number of halogens is 1. The second-order valence-electron chi connectivity index (χ2n) is 7.46. The summed E-state index contributed by atoms with van der Waals surface area (Å²) in [5, 5.41) is 4.82. The number of benzene rings is 1. The summed E-state index contributed by atoms with van der Waals surface area (Å²) in [6, 6.07) is 10.0. The molecule has 0 aliphatic rings. The zero-order valence-corrected chi connectivity index (χ0v) is 17.0. The molecule has 5 nitrogen and oxygen atoms in total. The fourth-order valence-corrected chi connectivity index (χ4v) is 3.25. The van der Waals surface area contributed by atoms with Gasteiger partial charge in [0.1, 0.15) is 5.82 Å². The van der Waals surface area contributed by atoms with E-state index in [-0.39, 0.29) is 36.3 Å². The molecule has 0 radical (unpaired) electrons. The summed E-state index contributed by atoms with van der Waals surface area (Å²) in [6.07, 6.45) is 0. The second kappa shape index (κ2) is 8.99. The number of hydrogen-bond donors (Lipinski definition) is 1. The van der Waals surface area contributed by atoms with Crippen molar-refractivity contribution in [3.8, 4) is 0 Å². The topological polar surface area (TPSA) is 52.7 Å². The molecule has 0 saturated carbocycles. The minimum Gasteiger partial charge on any atom is -0.357 e. The SMILES string of the molecule is CN(CC(=O)NC(C)(C)C)C(=O)CN(Cc1cccs1)c1ccc(F)cc1. The number of thiophene rings is 1. The van der Waals surface area contributed by atoms with Crippen molar-refractivity contribution >= 4 is 28.8 Å². The van der Waals surface area contributed by atoms with Crippen LogP contribution >= 0.6 is 11.3 Å². The number of hydrogen-bond acceptors (Lipinski definition) is 4. The van der Waals surface area contributed by atoms with E-state index in [9.17, 15) is 14.0 Å². The molecule has 2 aromatic rings. The normalized spacial score (nSPS) is 11.1. The first-order valence-corrected chi connectivity index (χ1v) is 9.60. The molecular weight excluding hydrogens is 365 g/mol. The quantitative estimate of drug-likeness (QED) is 0.788. The van der Waals surface area contributed by atoms with Crippen molar-refractivity contribution in [2.45, 2.75) is 32.9 Å². The third-order valence-corrected chi connectivity index (χ3v) is 4.63. The predicted molar refractivity (Wildman–Crippen MR) is 107 cm³/mol. The van der Waals surface area contributed by atoms with Gasteiger partial charge in [0.2, 0.25) is 11.8 Å². The van der Waals surface area contributed by atoms with E-state index in [0.29, 0.717) is 6.54 Å². The number of nitrogens with one attached hydrogen (secondary N) is 1. The van der Waals surface area contributed by atoms with Gasteiger partial charge >= 0.3 is 0 Å². The van der Waals surface area contributed by atoms with Gasteiger partial charge in [-0.25, -0.2) is 4.39 Å². The Morgan fingerprint density at radius 3 is 2.33 bits per heavy atom. The lowest BCUT2D eigenvalue weighted by atomic mass is 10.1. The highest BCUT2D eigenvalue weighted by atomic mass is 32.1. The van der Waals surface area contributed by atoms with E-state index < -0.39 is 0 Å². The highest BCUT2D eigenvalue weighted by Crippen LogP contribution is 2.20. The Bertz CT molecular complexity index is 755. The van der Waals surface area contributed by atoms with Crippen LogP contribution in [0.3, 0.4) is 0 Å². The Labute approximate surface area is 163 Å². The average Bonchev–Trinajstić information content (AvgIpc) is 3.06.